The van der Waals surface area contributed by atoms with Crippen LogP contribution in [0.15, 0.2) is 46.9 Å². The summed E-state index contributed by atoms with van der Waals surface area (Å²) < 4.78 is 6.21. The van der Waals surface area contributed by atoms with Gasteiger partial charge in [-0.05, 0) is 22.0 Å². The fourth-order valence-corrected chi connectivity index (χ4v) is 2.72. The van der Waals surface area contributed by atoms with Gasteiger partial charge in [0.2, 0.25) is 0 Å². The van der Waals surface area contributed by atoms with Crippen LogP contribution in [0.2, 0.25) is 0 Å². The summed E-state index contributed by atoms with van der Waals surface area (Å²) in [6.45, 7) is 0.270. The van der Waals surface area contributed by atoms with E-state index in [1.165, 1.54) is 6.07 Å². The first-order chi connectivity index (χ1) is 9.63. The predicted octanol–water partition coefficient (Wildman–Crippen LogP) is 4.83. The largest absolute Gasteiger partial charge is 0.489 e. The quantitative estimate of drug-likeness (QED) is 0.410. The lowest BCUT2D eigenvalue weighted by Gasteiger charge is -2.11. The Hall–Kier alpha value is -1.40. The van der Waals surface area contributed by atoms with Crippen molar-refractivity contribution < 1.29 is 9.66 Å². The van der Waals surface area contributed by atoms with Gasteiger partial charge in [-0.1, -0.05) is 46.3 Å². The first kappa shape index (κ1) is 15.0. The number of benzene rings is 2. The normalized spacial score (nSPS) is 10.3. The highest BCUT2D eigenvalue weighted by Crippen LogP contribution is 2.29. The van der Waals surface area contributed by atoms with Crippen molar-refractivity contribution in [1.82, 2.24) is 0 Å². The van der Waals surface area contributed by atoms with Crippen molar-refractivity contribution in [2.45, 2.75) is 11.9 Å². The molecule has 0 aliphatic rings. The third kappa shape index (κ3) is 3.37. The van der Waals surface area contributed by atoms with Crippen LogP contribution in [0.1, 0.15) is 11.1 Å². The minimum absolute atomic E-state index is 0.0416. The monoisotopic (exact) mass is 399 g/mol. The van der Waals surface area contributed by atoms with Gasteiger partial charge in [-0.2, -0.15) is 0 Å². The van der Waals surface area contributed by atoms with Gasteiger partial charge in [0, 0.05) is 22.5 Å². The fourth-order valence-electron chi connectivity index (χ4n) is 1.73. The van der Waals surface area contributed by atoms with E-state index >= 15 is 0 Å². The number of nitrogens with zero attached hydrogens (tertiary/aromatic N) is 1. The van der Waals surface area contributed by atoms with E-state index in [0.29, 0.717) is 9.80 Å². The zero-order valence-electron chi connectivity index (χ0n) is 10.4. The molecule has 0 N–H and O–H groups in total. The molecule has 0 aromatic heterocycles. The number of para-hydroxylation sites is 1. The van der Waals surface area contributed by atoms with Crippen molar-refractivity contribution in [3.63, 3.8) is 0 Å². The molecule has 0 atom stereocenters. The molecule has 6 heteroatoms. The zero-order chi connectivity index (χ0) is 14.5. The highest BCUT2D eigenvalue weighted by Gasteiger charge is 2.15. The highest BCUT2D eigenvalue weighted by atomic mass is 79.9. The molecule has 4 nitrogen and oxygen atoms in total. The zero-order valence-corrected chi connectivity index (χ0v) is 13.6. The number of halogens is 2. The van der Waals surface area contributed by atoms with Gasteiger partial charge < -0.3 is 4.74 Å². The van der Waals surface area contributed by atoms with Crippen molar-refractivity contribution in [1.29, 1.82) is 0 Å². The molecule has 0 radical (unpaired) electrons. The molecular weight excluding hydrogens is 390 g/mol. The number of hydrogen-bond acceptors (Lipinski definition) is 3. The second kappa shape index (κ2) is 6.85. The molecule has 0 aliphatic heterocycles. The Morgan fingerprint density at radius 3 is 2.50 bits per heavy atom. The predicted molar refractivity (Wildman–Crippen MR) is 84.2 cm³/mol. The molecule has 0 aliphatic carbocycles. The average Bonchev–Trinajstić information content (AvgIpc) is 2.46. The summed E-state index contributed by atoms with van der Waals surface area (Å²) in [5.74, 6) is 0.766. The van der Waals surface area contributed by atoms with Crippen molar-refractivity contribution in [3.05, 3.63) is 68.2 Å². The van der Waals surface area contributed by atoms with Crippen LogP contribution in [0.4, 0.5) is 5.69 Å². The Morgan fingerprint density at radius 1 is 1.10 bits per heavy atom. The molecule has 0 saturated carbocycles. The van der Waals surface area contributed by atoms with Crippen LogP contribution >= 0.6 is 31.9 Å². The molecule has 0 bridgehead atoms. The number of rotatable bonds is 5. The van der Waals surface area contributed by atoms with Gasteiger partial charge in [-0.15, -0.1) is 0 Å². The van der Waals surface area contributed by atoms with E-state index in [1.54, 1.807) is 12.1 Å². The third-order valence-electron chi connectivity index (χ3n) is 2.75. The number of nitro benzene ring substituents is 1. The maximum atomic E-state index is 10.9. The Kier molecular flexibility index (Phi) is 5.14. The molecule has 20 heavy (non-hydrogen) atoms. The van der Waals surface area contributed by atoms with Crippen LogP contribution in [0.3, 0.4) is 0 Å². The Labute approximate surface area is 133 Å². The number of nitro groups is 1. The lowest BCUT2D eigenvalue weighted by atomic mass is 10.2. The van der Waals surface area contributed by atoms with E-state index in [9.17, 15) is 10.1 Å². The Balaban J connectivity index is 2.19. The number of alkyl halides is 1. The molecule has 0 amide bonds. The van der Waals surface area contributed by atoms with Crippen LogP contribution in [0.25, 0.3) is 0 Å². The molecule has 2 rings (SSSR count). The van der Waals surface area contributed by atoms with Crippen LogP contribution in [0, 0.1) is 10.1 Å². The summed E-state index contributed by atoms with van der Waals surface area (Å²) in [7, 11) is 0. The lowest BCUT2D eigenvalue weighted by Crippen LogP contribution is -2.00. The summed E-state index contributed by atoms with van der Waals surface area (Å²) in [4.78, 5) is 10.5. The van der Waals surface area contributed by atoms with Crippen LogP contribution in [0.5, 0.6) is 5.75 Å². The van der Waals surface area contributed by atoms with Crippen molar-refractivity contribution in [2.75, 3.05) is 0 Å². The van der Waals surface area contributed by atoms with Gasteiger partial charge >= 0.3 is 0 Å². The number of hydrogen-bond donors (Lipinski definition) is 0. The van der Waals surface area contributed by atoms with Crippen molar-refractivity contribution in [2.24, 2.45) is 0 Å². The minimum atomic E-state index is -0.417. The molecule has 104 valence electrons. The first-order valence-electron chi connectivity index (χ1n) is 5.82. The van der Waals surface area contributed by atoms with Crippen LogP contribution < -0.4 is 4.74 Å². The molecule has 2 aromatic carbocycles. The smallest absolute Gasteiger partial charge is 0.283 e. The summed E-state index contributed by atoms with van der Waals surface area (Å²) in [5, 5.41) is 11.6. The van der Waals surface area contributed by atoms with E-state index in [-0.39, 0.29) is 12.3 Å². The fraction of sp³-hybridized carbons (Fsp3) is 0.143. The molecule has 0 saturated heterocycles. The Bertz CT molecular complexity index is 632. The molecule has 2 aromatic rings. The van der Waals surface area contributed by atoms with E-state index in [4.69, 9.17) is 4.74 Å². The maximum Gasteiger partial charge on any atom is 0.283 e. The van der Waals surface area contributed by atoms with Gasteiger partial charge in [0.1, 0.15) is 16.8 Å². The van der Waals surface area contributed by atoms with E-state index in [0.717, 1.165) is 16.9 Å². The van der Waals surface area contributed by atoms with Gasteiger partial charge in [-0.25, -0.2) is 0 Å². The topological polar surface area (TPSA) is 52.4 Å². The van der Waals surface area contributed by atoms with Crippen LogP contribution in [-0.2, 0) is 11.9 Å². The molecule has 0 spiro atoms. The maximum absolute atomic E-state index is 10.9. The van der Waals surface area contributed by atoms with Gasteiger partial charge in [0.05, 0.1) is 4.92 Å². The molecule has 0 unspecified atom stereocenters. The second-order valence-electron chi connectivity index (χ2n) is 4.04. The van der Waals surface area contributed by atoms with E-state index < -0.39 is 4.92 Å². The third-order valence-corrected chi connectivity index (χ3v) is 4.27. The summed E-state index contributed by atoms with van der Waals surface area (Å²) in [6, 6.07) is 12.6. The second-order valence-corrected chi connectivity index (χ2v) is 5.39. The van der Waals surface area contributed by atoms with E-state index in [1.807, 2.05) is 24.3 Å². The van der Waals surface area contributed by atoms with Gasteiger partial charge in [-0.3, -0.25) is 10.1 Å². The van der Waals surface area contributed by atoms with Crippen LogP contribution in [-0.4, -0.2) is 4.92 Å². The molecule has 0 heterocycles. The van der Waals surface area contributed by atoms with Crippen molar-refractivity contribution in [3.8, 4) is 5.75 Å². The highest BCUT2D eigenvalue weighted by molar-refractivity contribution is 9.10. The SMILES string of the molecule is O=[N+]([O-])c1cccc(COc2ccccc2CBr)c1Br. The molecule has 0 fully saturated rings. The number of ether oxygens (including phenoxy) is 1. The van der Waals surface area contributed by atoms with Gasteiger partial charge in [0.25, 0.3) is 5.69 Å². The average molecular weight is 401 g/mol. The van der Waals surface area contributed by atoms with Gasteiger partial charge in [0.15, 0.2) is 0 Å². The summed E-state index contributed by atoms with van der Waals surface area (Å²) in [6.07, 6.45) is 0. The summed E-state index contributed by atoms with van der Waals surface area (Å²) >= 11 is 6.66. The Morgan fingerprint density at radius 2 is 1.80 bits per heavy atom. The summed E-state index contributed by atoms with van der Waals surface area (Å²) in [5.41, 5.74) is 1.82. The standard InChI is InChI=1S/C14H11Br2NO3/c15-8-10-4-1-2-7-13(10)20-9-11-5-3-6-12(14(11)16)17(18)19/h1-7H,8-9H2. The lowest BCUT2D eigenvalue weighted by molar-refractivity contribution is -0.385. The molecular formula is C14H11Br2NO3. The minimum Gasteiger partial charge on any atom is -0.489 e. The van der Waals surface area contributed by atoms with E-state index in [2.05, 4.69) is 31.9 Å². The first-order valence-corrected chi connectivity index (χ1v) is 7.73. The van der Waals surface area contributed by atoms with Crippen molar-refractivity contribution >= 4 is 37.5 Å².